The van der Waals surface area contributed by atoms with E-state index in [1.807, 2.05) is 0 Å². The number of amides is 1. The van der Waals surface area contributed by atoms with E-state index < -0.39 is 30.5 Å². The number of carbonyl (C=O) groups is 1. The van der Waals surface area contributed by atoms with Crippen LogP contribution in [0.1, 0.15) is 48.3 Å². The van der Waals surface area contributed by atoms with Crippen LogP contribution in [-0.2, 0) is 19.7 Å². The second-order valence-corrected chi connectivity index (χ2v) is 12.5. The van der Waals surface area contributed by atoms with Crippen molar-refractivity contribution in [2.45, 2.75) is 43.4 Å². The Morgan fingerprint density at radius 2 is 1.59 bits per heavy atom. The van der Waals surface area contributed by atoms with Gasteiger partial charge in [0, 0.05) is 6.20 Å². The fourth-order valence-corrected chi connectivity index (χ4v) is 8.14. The van der Waals surface area contributed by atoms with E-state index in [1.54, 1.807) is 51.1 Å². The van der Waals surface area contributed by atoms with Crippen LogP contribution < -0.4 is 14.9 Å². The fraction of sp³-hybridized carbons (Fsp3) is 0.360. The first-order valence-corrected chi connectivity index (χ1v) is 15.0. The fourth-order valence-electron chi connectivity index (χ4n) is 4.10. The van der Waals surface area contributed by atoms with Crippen molar-refractivity contribution in [2.24, 2.45) is 5.10 Å². The summed E-state index contributed by atoms with van der Waals surface area (Å²) in [7, 11) is -5.16. The molecular formula is C25H31N3O7S2. The molecule has 0 saturated heterocycles. The molecule has 0 bridgehead atoms. The SMILES string of the molecule is CCCS(=O)(=O)c1c(S(=O)(=O)CCC)c2c(C)cccn2c1C(=O)N/N=C\c1ccc(OC)c(OC)c1. The Kier molecular flexibility index (Phi) is 8.64. The summed E-state index contributed by atoms with van der Waals surface area (Å²) in [6.45, 7) is 5.04. The highest BCUT2D eigenvalue weighted by Crippen LogP contribution is 2.36. The van der Waals surface area contributed by atoms with E-state index in [1.165, 1.54) is 31.0 Å². The molecule has 1 amide bonds. The van der Waals surface area contributed by atoms with Crippen LogP contribution in [0.15, 0.2) is 51.4 Å². The number of sulfone groups is 2. The van der Waals surface area contributed by atoms with Crippen LogP contribution >= 0.6 is 0 Å². The van der Waals surface area contributed by atoms with Gasteiger partial charge in [-0.05, 0) is 55.2 Å². The molecule has 0 aliphatic heterocycles. The van der Waals surface area contributed by atoms with Gasteiger partial charge in [0.05, 0.1) is 37.5 Å². The second kappa shape index (κ2) is 11.3. The van der Waals surface area contributed by atoms with E-state index in [4.69, 9.17) is 9.47 Å². The Morgan fingerprint density at radius 3 is 2.19 bits per heavy atom. The number of fused-ring (bicyclic) bond motifs is 1. The Bertz CT molecular complexity index is 1560. The molecule has 0 saturated carbocycles. The van der Waals surface area contributed by atoms with E-state index >= 15 is 0 Å². The van der Waals surface area contributed by atoms with Gasteiger partial charge >= 0.3 is 0 Å². The van der Waals surface area contributed by atoms with Gasteiger partial charge in [0.15, 0.2) is 31.2 Å². The van der Waals surface area contributed by atoms with Crippen LogP contribution in [0.4, 0.5) is 0 Å². The van der Waals surface area contributed by atoms with Crippen LogP contribution in [0.5, 0.6) is 11.5 Å². The van der Waals surface area contributed by atoms with Gasteiger partial charge in [-0.2, -0.15) is 5.10 Å². The molecular weight excluding hydrogens is 518 g/mol. The lowest BCUT2D eigenvalue weighted by atomic mass is 10.2. The lowest BCUT2D eigenvalue weighted by molar-refractivity contribution is 0.0945. The quantitative estimate of drug-likeness (QED) is 0.286. The maximum absolute atomic E-state index is 13.4. The van der Waals surface area contributed by atoms with Gasteiger partial charge in [0.2, 0.25) is 0 Å². The monoisotopic (exact) mass is 549 g/mol. The molecule has 0 fully saturated rings. The molecule has 2 aromatic heterocycles. The summed E-state index contributed by atoms with van der Waals surface area (Å²) in [4.78, 5) is 12.6. The Labute approximate surface area is 217 Å². The Morgan fingerprint density at radius 1 is 0.973 bits per heavy atom. The number of nitrogens with zero attached hydrogens (tertiary/aromatic N) is 2. The van der Waals surface area contributed by atoms with Crippen molar-refractivity contribution in [3.8, 4) is 11.5 Å². The number of hydrazone groups is 1. The van der Waals surface area contributed by atoms with Crippen LogP contribution in [0.2, 0.25) is 0 Å². The van der Waals surface area contributed by atoms with Crippen molar-refractivity contribution in [2.75, 3.05) is 25.7 Å². The largest absolute Gasteiger partial charge is 0.493 e. The maximum atomic E-state index is 13.4. The van der Waals surface area contributed by atoms with E-state index in [-0.39, 0.29) is 40.5 Å². The molecule has 0 unspecified atom stereocenters. The number of ether oxygens (including phenoxy) is 2. The van der Waals surface area contributed by atoms with E-state index in [9.17, 15) is 21.6 Å². The van der Waals surface area contributed by atoms with Gasteiger partial charge in [-0.1, -0.05) is 19.9 Å². The number of benzene rings is 1. The standard InChI is InChI=1S/C25H31N3O7S2/c1-6-13-36(30,31)23-21-17(3)9-8-12-28(21)22(24(23)37(32,33)14-7-2)25(29)27-26-16-18-10-11-19(34-4)20(15-18)35-5/h8-12,15-16H,6-7,13-14H2,1-5H3,(H,27,29)/b26-16-. The number of aromatic nitrogens is 1. The number of aryl methyl sites for hydroxylation is 1. The van der Waals surface area contributed by atoms with Crippen molar-refractivity contribution < 1.29 is 31.1 Å². The number of rotatable bonds is 11. The highest BCUT2D eigenvalue weighted by atomic mass is 32.2. The lowest BCUT2D eigenvalue weighted by Crippen LogP contribution is -2.23. The second-order valence-electron chi connectivity index (χ2n) is 8.37. The molecule has 0 radical (unpaired) electrons. The van der Waals surface area contributed by atoms with Gasteiger partial charge in [-0.15, -0.1) is 0 Å². The van der Waals surface area contributed by atoms with Gasteiger partial charge in [0.1, 0.15) is 15.5 Å². The molecule has 0 aliphatic carbocycles. The molecule has 12 heteroatoms. The van der Waals surface area contributed by atoms with Crippen LogP contribution in [0.25, 0.3) is 5.52 Å². The number of hydrogen-bond acceptors (Lipinski definition) is 8. The summed E-state index contributed by atoms with van der Waals surface area (Å²) in [5.41, 5.74) is 3.33. The molecule has 37 heavy (non-hydrogen) atoms. The summed E-state index contributed by atoms with van der Waals surface area (Å²) < 4.78 is 65.3. The number of pyridine rings is 1. The summed E-state index contributed by atoms with van der Waals surface area (Å²) in [6.07, 6.45) is 3.37. The smallest absolute Gasteiger partial charge is 0.289 e. The molecule has 3 aromatic rings. The maximum Gasteiger partial charge on any atom is 0.289 e. The first-order valence-electron chi connectivity index (χ1n) is 11.7. The van der Waals surface area contributed by atoms with Crippen LogP contribution in [0.3, 0.4) is 0 Å². The van der Waals surface area contributed by atoms with Crippen molar-refractivity contribution >= 4 is 37.3 Å². The van der Waals surface area contributed by atoms with Gasteiger partial charge in [0.25, 0.3) is 5.91 Å². The minimum Gasteiger partial charge on any atom is -0.493 e. The number of hydrogen-bond donors (Lipinski definition) is 1. The summed E-state index contributed by atoms with van der Waals surface area (Å²) in [5.74, 6) is -0.444. The molecule has 200 valence electrons. The van der Waals surface area contributed by atoms with E-state index in [2.05, 4.69) is 10.5 Å². The lowest BCUT2D eigenvalue weighted by Gasteiger charge is -2.09. The third-order valence-corrected chi connectivity index (χ3v) is 9.70. The average Bonchev–Trinajstić information content (AvgIpc) is 3.22. The molecule has 0 spiro atoms. The molecule has 1 N–H and O–H groups in total. The van der Waals surface area contributed by atoms with E-state index in [0.717, 1.165) is 0 Å². The number of nitrogens with one attached hydrogen (secondary N) is 1. The first kappa shape index (κ1) is 28.2. The van der Waals surface area contributed by atoms with Crippen LogP contribution in [-0.4, -0.2) is 59.1 Å². The van der Waals surface area contributed by atoms with Crippen LogP contribution in [0, 0.1) is 6.92 Å². The Balaban J connectivity index is 2.19. The van der Waals surface area contributed by atoms with E-state index in [0.29, 0.717) is 22.6 Å². The predicted molar refractivity (Wildman–Crippen MR) is 141 cm³/mol. The predicted octanol–water partition coefficient (Wildman–Crippen LogP) is 3.40. The summed E-state index contributed by atoms with van der Waals surface area (Å²) in [6, 6.07) is 8.31. The summed E-state index contributed by atoms with van der Waals surface area (Å²) >= 11 is 0. The summed E-state index contributed by atoms with van der Waals surface area (Å²) in [5, 5.41) is 3.98. The molecule has 1 aromatic carbocycles. The zero-order valence-corrected chi connectivity index (χ0v) is 23.1. The minimum atomic E-state index is -4.13. The third kappa shape index (κ3) is 5.64. The highest BCUT2D eigenvalue weighted by Gasteiger charge is 2.37. The van der Waals surface area contributed by atoms with Gasteiger partial charge < -0.3 is 13.9 Å². The molecule has 10 nitrogen and oxygen atoms in total. The Hall–Kier alpha value is -3.38. The van der Waals surface area contributed by atoms with Crippen molar-refractivity contribution in [3.05, 3.63) is 53.3 Å². The molecule has 0 atom stereocenters. The van der Waals surface area contributed by atoms with Gasteiger partial charge in [-0.3, -0.25) is 4.79 Å². The normalized spacial score (nSPS) is 12.2. The topological polar surface area (TPSA) is 133 Å². The first-order chi connectivity index (χ1) is 17.5. The van der Waals surface area contributed by atoms with Crippen molar-refractivity contribution in [3.63, 3.8) is 0 Å². The number of carbonyl (C=O) groups excluding carboxylic acids is 1. The third-order valence-electron chi connectivity index (χ3n) is 5.64. The zero-order chi connectivity index (χ0) is 27.4. The molecule has 2 heterocycles. The average molecular weight is 550 g/mol. The number of methoxy groups -OCH3 is 2. The minimum absolute atomic E-state index is 0.166. The van der Waals surface area contributed by atoms with Crippen molar-refractivity contribution in [1.82, 2.24) is 9.83 Å². The van der Waals surface area contributed by atoms with Crippen molar-refractivity contribution in [1.29, 1.82) is 0 Å². The zero-order valence-electron chi connectivity index (χ0n) is 21.4. The highest BCUT2D eigenvalue weighted by molar-refractivity contribution is 7.94. The molecule has 0 aliphatic rings. The van der Waals surface area contributed by atoms with Gasteiger partial charge in [-0.25, -0.2) is 22.3 Å². The molecule has 3 rings (SSSR count).